The third-order valence-electron chi connectivity index (χ3n) is 4.70. The van der Waals surface area contributed by atoms with E-state index in [1.165, 1.54) is 12.1 Å². The maximum absolute atomic E-state index is 12.4. The molecule has 0 radical (unpaired) electrons. The van der Waals surface area contributed by atoms with Gasteiger partial charge in [-0.2, -0.15) is 0 Å². The van der Waals surface area contributed by atoms with Crippen LogP contribution in [0.3, 0.4) is 0 Å². The highest BCUT2D eigenvalue weighted by molar-refractivity contribution is 6.04. The van der Waals surface area contributed by atoms with Crippen molar-refractivity contribution in [1.29, 1.82) is 0 Å². The van der Waals surface area contributed by atoms with Gasteiger partial charge in [-0.3, -0.25) is 4.79 Å². The van der Waals surface area contributed by atoms with Crippen LogP contribution in [0.5, 0.6) is 23.0 Å². The van der Waals surface area contributed by atoms with Gasteiger partial charge in [0.25, 0.3) is 0 Å². The van der Waals surface area contributed by atoms with E-state index in [1.807, 2.05) is 0 Å². The number of fused-ring (bicyclic) bond motifs is 2. The molecule has 3 aliphatic heterocycles. The molecular weight excluding hydrogens is 344 g/mol. The van der Waals surface area contributed by atoms with Crippen LogP contribution in [-0.2, 0) is 19.9 Å². The fraction of sp³-hybridized carbons (Fsp3) is 0.222. The molecule has 132 valence electrons. The zero-order valence-corrected chi connectivity index (χ0v) is 13.3. The van der Waals surface area contributed by atoms with E-state index in [4.69, 9.17) is 23.7 Å². The molecule has 0 amide bonds. The number of carbonyl (C=O) groups is 2. The topological polar surface area (TPSA) is 101 Å². The summed E-state index contributed by atoms with van der Waals surface area (Å²) in [4.78, 5) is 24.8. The molecule has 0 saturated carbocycles. The number of carbonyl (C=O) groups excluding carboxylic acids is 2. The summed E-state index contributed by atoms with van der Waals surface area (Å²) in [6.45, 7) is 0.117. The molecule has 5 rings (SSSR count). The minimum absolute atomic E-state index is 0.0478. The van der Waals surface area contributed by atoms with Gasteiger partial charge >= 0.3 is 11.9 Å². The van der Waals surface area contributed by atoms with Gasteiger partial charge in [0.15, 0.2) is 23.0 Å². The molecule has 1 saturated heterocycles. The van der Waals surface area contributed by atoms with Gasteiger partial charge in [-0.05, 0) is 35.4 Å². The SMILES string of the molecule is O=C1OC(=O)C(O)(c2ccc3c(c2)OCO3)C1c1ccc2c(c1)OCO2. The standard InChI is InChI=1S/C18H12O8/c19-16-15(9-1-3-11-13(5-9)24-7-22-11)18(21,17(20)26-16)10-2-4-12-14(6-10)25-8-23-12/h1-6,15,21H,7-8H2. The Kier molecular flexibility index (Phi) is 2.96. The molecule has 1 N–H and O–H groups in total. The van der Waals surface area contributed by atoms with Crippen LogP contribution < -0.4 is 18.9 Å². The molecular formula is C18H12O8. The second-order valence-corrected chi connectivity index (χ2v) is 6.09. The van der Waals surface area contributed by atoms with Gasteiger partial charge in [0, 0.05) is 0 Å². The summed E-state index contributed by atoms with van der Waals surface area (Å²) in [6.07, 6.45) is 0. The lowest BCUT2D eigenvalue weighted by Crippen LogP contribution is -2.37. The molecule has 2 aromatic carbocycles. The number of esters is 2. The zero-order chi connectivity index (χ0) is 17.9. The second kappa shape index (κ2) is 5.12. The molecule has 8 heteroatoms. The van der Waals surface area contributed by atoms with Crippen LogP contribution in [0.4, 0.5) is 0 Å². The van der Waals surface area contributed by atoms with E-state index in [-0.39, 0.29) is 19.1 Å². The number of hydrogen-bond acceptors (Lipinski definition) is 8. The molecule has 0 bridgehead atoms. The zero-order valence-electron chi connectivity index (χ0n) is 13.3. The molecule has 2 unspecified atom stereocenters. The fourth-order valence-corrected chi connectivity index (χ4v) is 3.40. The summed E-state index contributed by atoms with van der Waals surface area (Å²) in [5.74, 6) is -1.29. The Morgan fingerprint density at radius 3 is 2.19 bits per heavy atom. The predicted molar refractivity (Wildman–Crippen MR) is 82.9 cm³/mol. The van der Waals surface area contributed by atoms with E-state index in [1.54, 1.807) is 24.3 Å². The highest BCUT2D eigenvalue weighted by Crippen LogP contribution is 2.48. The van der Waals surface area contributed by atoms with E-state index in [2.05, 4.69) is 0 Å². The molecule has 0 spiro atoms. The van der Waals surface area contributed by atoms with Gasteiger partial charge in [-0.25, -0.2) is 4.79 Å². The number of cyclic esters (lactones) is 2. The normalized spacial score (nSPS) is 25.5. The maximum atomic E-state index is 12.4. The van der Waals surface area contributed by atoms with E-state index >= 15 is 0 Å². The number of ether oxygens (including phenoxy) is 5. The van der Waals surface area contributed by atoms with Crippen LogP contribution in [0.2, 0.25) is 0 Å². The van der Waals surface area contributed by atoms with Gasteiger partial charge in [-0.1, -0.05) is 12.1 Å². The summed E-state index contributed by atoms with van der Waals surface area (Å²) in [7, 11) is 0. The Bertz CT molecular complexity index is 952. The Morgan fingerprint density at radius 1 is 0.846 bits per heavy atom. The monoisotopic (exact) mass is 356 g/mol. The van der Waals surface area contributed by atoms with Crippen LogP contribution in [0, 0.1) is 0 Å². The van der Waals surface area contributed by atoms with Crippen molar-refractivity contribution < 1.29 is 38.4 Å². The number of benzene rings is 2. The second-order valence-electron chi connectivity index (χ2n) is 6.09. The summed E-state index contributed by atoms with van der Waals surface area (Å²) in [6, 6.07) is 9.33. The molecule has 3 heterocycles. The molecule has 8 nitrogen and oxygen atoms in total. The number of aliphatic hydroxyl groups is 1. The van der Waals surface area contributed by atoms with Crippen molar-refractivity contribution in [2.45, 2.75) is 11.5 Å². The average Bonchev–Trinajstić information content (AvgIpc) is 3.33. The van der Waals surface area contributed by atoms with Gasteiger partial charge in [-0.15, -0.1) is 0 Å². The molecule has 26 heavy (non-hydrogen) atoms. The molecule has 3 aliphatic rings. The van der Waals surface area contributed by atoms with Crippen molar-refractivity contribution in [2.24, 2.45) is 0 Å². The summed E-state index contributed by atoms with van der Waals surface area (Å²) in [5.41, 5.74) is -1.63. The minimum Gasteiger partial charge on any atom is -0.454 e. The largest absolute Gasteiger partial charge is 0.454 e. The van der Waals surface area contributed by atoms with E-state index in [9.17, 15) is 14.7 Å². The first-order valence-electron chi connectivity index (χ1n) is 7.85. The highest BCUT2D eigenvalue weighted by atomic mass is 16.7. The van der Waals surface area contributed by atoms with E-state index in [0.717, 1.165) is 0 Å². The summed E-state index contributed by atoms with van der Waals surface area (Å²) in [5, 5.41) is 11.2. The Labute approximate surface area is 146 Å². The van der Waals surface area contributed by atoms with Crippen molar-refractivity contribution >= 4 is 11.9 Å². The molecule has 2 atom stereocenters. The Morgan fingerprint density at radius 2 is 1.46 bits per heavy atom. The molecule has 0 aromatic heterocycles. The predicted octanol–water partition coefficient (Wildman–Crippen LogP) is 1.20. The number of rotatable bonds is 2. The highest BCUT2D eigenvalue weighted by Gasteiger charge is 2.59. The van der Waals surface area contributed by atoms with Crippen molar-refractivity contribution in [2.75, 3.05) is 13.6 Å². The summed E-state index contributed by atoms with van der Waals surface area (Å²) >= 11 is 0. The van der Waals surface area contributed by atoms with Crippen molar-refractivity contribution in [3.63, 3.8) is 0 Å². The van der Waals surface area contributed by atoms with E-state index < -0.39 is 23.5 Å². The third kappa shape index (κ3) is 1.93. The van der Waals surface area contributed by atoms with Crippen LogP contribution >= 0.6 is 0 Å². The summed E-state index contributed by atoms with van der Waals surface area (Å²) < 4.78 is 25.9. The minimum atomic E-state index is -2.19. The lowest BCUT2D eigenvalue weighted by molar-refractivity contribution is -0.159. The van der Waals surface area contributed by atoms with Crippen LogP contribution in [-0.4, -0.2) is 30.6 Å². The first-order chi connectivity index (χ1) is 12.6. The molecule has 2 aromatic rings. The first-order valence-corrected chi connectivity index (χ1v) is 7.85. The number of hydrogen-bond donors (Lipinski definition) is 1. The third-order valence-corrected chi connectivity index (χ3v) is 4.70. The Balaban J connectivity index is 1.63. The van der Waals surface area contributed by atoms with E-state index in [0.29, 0.717) is 28.6 Å². The maximum Gasteiger partial charge on any atom is 0.351 e. The Hall–Kier alpha value is -3.26. The van der Waals surface area contributed by atoms with Gasteiger partial charge in [0.1, 0.15) is 5.92 Å². The molecule has 0 aliphatic carbocycles. The lowest BCUT2D eigenvalue weighted by Gasteiger charge is -2.25. The quantitative estimate of drug-likeness (QED) is 0.633. The molecule has 1 fully saturated rings. The van der Waals surface area contributed by atoms with Crippen LogP contribution in [0.25, 0.3) is 0 Å². The van der Waals surface area contributed by atoms with Gasteiger partial charge in [0.2, 0.25) is 19.2 Å². The lowest BCUT2D eigenvalue weighted by atomic mass is 9.79. The first kappa shape index (κ1) is 15.0. The van der Waals surface area contributed by atoms with Crippen molar-refractivity contribution in [3.05, 3.63) is 47.5 Å². The van der Waals surface area contributed by atoms with Gasteiger partial charge < -0.3 is 28.8 Å². The smallest absolute Gasteiger partial charge is 0.351 e. The van der Waals surface area contributed by atoms with Crippen molar-refractivity contribution in [1.82, 2.24) is 0 Å². The fourth-order valence-electron chi connectivity index (χ4n) is 3.40. The van der Waals surface area contributed by atoms with Crippen LogP contribution in [0.15, 0.2) is 36.4 Å². The van der Waals surface area contributed by atoms with Crippen LogP contribution in [0.1, 0.15) is 17.0 Å². The van der Waals surface area contributed by atoms with Crippen molar-refractivity contribution in [3.8, 4) is 23.0 Å². The average molecular weight is 356 g/mol. The van der Waals surface area contributed by atoms with Gasteiger partial charge in [0.05, 0.1) is 0 Å².